The minimum absolute atomic E-state index is 0.0492. The molecule has 2 rings (SSSR count). The highest BCUT2D eigenvalue weighted by Gasteiger charge is 2.30. The van der Waals surface area contributed by atoms with Gasteiger partial charge in [0, 0.05) is 23.5 Å². The number of likely N-dealkylation sites (tertiary alicyclic amines) is 1. The van der Waals surface area contributed by atoms with E-state index >= 15 is 0 Å². The van der Waals surface area contributed by atoms with Gasteiger partial charge in [0.05, 0.1) is 5.92 Å². The molecule has 2 amide bonds. The number of primary amides is 1. The molecule has 1 fully saturated rings. The van der Waals surface area contributed by atoms with Gasteiger partial charge in [0.1, 0.15) is 0 Å². The number of nitrogens with zero attached hydrogens (tertiary/aromatic N) is 1. The second-order valence-electron chi connectivity index (χ2n) is 4.87. The van der Waals surface area contributed by atoms with Crippen molar-refractivity contribution in [3.05, 3.63) is 28.5 Å². The van der Waals surface area contributed by atoms with Gasteiger partial charge in [-0.15, -0.1) is 11.3 Å². The zero-order chi connectivity index (χ0) is 13.8. The number of rotatable bonds is 3. The van der Waals surface area contributed by atoms with Crippen molar-refractivity contribution in [2.24, 2.45) is 11.7 Å². The van der Waals surface area contributed by atoms with E-state index in [9.17, 15) is 9.59 Å². The highest BCUT2D eigenvalue weighted by Crippen LogP contribution is 2.22. The van der Waals surface area contributed by atoms with Crippen LogP contribution in [0.4, 0.5) is 0 Å². The maximum Gasteiger partial charge on any atom is 0.246 e. The fraction of sp³-hybridized carbons (Fsp3) is 0.429. The summed E-state index contributed by atoms with van der Waals surface area (Å²) >= 11 is 1.59. The van der Waals surface area contributed by atoms with Crippen LogP contribution >= 0.6 is 11.3 Å². The van der Waals surface area contributed by atoms with E-state index in [1.807, 2.05) is 30.5 Å². The average Bonchev–Trinajstić information content (AvgIpc) is 2.89. The minimum Gasteiger partial charge on any atom is -0.369 e. The number of carbonyl (C=O) groups is 2. The summed E-state index contributed by atoms with van der Waals surface area (Å²) in [5.41, 5.74) is 5.33. The lowest BCUT2D eigenvalue weighted by Crippen LogP contribution is -2.48. The number of hydrogen-bond acceptors (Lipinski definition) is 3. The lowest BCUT2D eigenvalue weighted by Gasteiger charge is -2.36. The van der Waals surface area contributed by atoms with Gasteiger partial charge >= 0.3 is 0 Å². The summed E-state index contributed by atoms with van der Waals surface area (Å²) in [4.78, 5) is 26.2. The van der Waals surface area contributed by atoms with Crippen LogP contribution in [0.15, 0.2) is 23.6 Å². The molecule has 0 bridgehead atoms. The first-order valence-electron chi connectivity index (χ1n) is 6.39. The Morgan fingerprint density at radius 2 is 2.26 bits per heavy atom. The van der Waals surface area contributed by atoms with Crippen molar-refractivity contribution in [1.82, 2.24) is 4.90 Å². The lowest BCUT2D eigenvalue weighted by molar-refractivity contribution is -0.133. The fourth-order valence-electron chi connectivity index (χ4n) is 2.28. The second kappa shape index (κ2) is 6.02. The Balaban J connectivity index is 2.02. The van der Waals surface area contributed by atoms with Gasteiger partial charge in [0.25, 0.3) is 0 Å². The molecule has 4 nitrogen and oxygen atoms in total. The summed E-state index contributed by atoms with van der Waals surface area (Å²) < 4.78 is 0. The molecule has 0 aliphatic carbocycles. The predicted molar refractivity (Wildman–Crippen MR) is 76.4 cm³/mol. The molecular weight excluding hydrogens is 260 g/mol. The Kier molecular flexibility index (Phi) is 4.37. The zero-order valence-corrected chi connectivity index (χ0v) is 11.7. The molecule has 2 heterocycles. The van der Waals surface area contributed by atoms with Crippen molar-refractivity contribution in [3.8, 4) is 0 Å². The molecule has 1 aromatic rings. The fourth-order valence-corrected chi connectivity index (χ4v) is 2.90. The Labute approximate surface area is 116 Å². The SMILES string of the molecule is C[C@@H]1CC[C@@H](C(N)=O)CN1C(=O)/C=C/c1cccs1. The van der Waals surface area contributed by atoms with Crippen molar-refractivity contribution in [2.75, 3.05) is 6.54 Å². The number of amides is 2. The van der Waals surface area contributed by atoms with Gasteiger partial charge in [-0.05, 0) is 37.3 Å². The van der Waals surface area contributed by atoms with E-state index in [4.69, 9.17) is 5.73 Å². The highest BCUT2D eigenvalue weighted by molar-refractivity contribution is 7.10. The van der Waals surface area contributed by atoms with Crippen LogP contribution in [-0.4, -0.2) is 29.3 Å². The minimum atomic E-state index is -0.313. The van der Waals surface area contributed by atoms with E-state index in [1.165, 1.54) is 0 Å². The van der Waals surface area contributed by atoms with Crippen LogP contribution in [0, 0.1) is 5.92 Å². The first-order valence-corrected chi connectivity index (χ1v) is 7.27. The monoisotopic (exact) mass is 278 g/mol. The maximum atomic E-state index is 12.2. The van der Waals surface area contributed by atoms with Crippen molar-refractivity contribution in [3.63, 3.8) is 0 Å². The van der Waals surface area contributed by atoms with E-state index in [2.05, 4.69) is 0 Å². The first kappa shape index (κ1) is 13.8. The molecule has 2 atom stereocenters. The Hall–Kier alpha value is -1.62. The Bertz CT molecular complexity index is 482. The smallest absolute Gasteiger partial charge is 0.246 e. The largest absolute Gasteiger partial charge is 0.369 e. The summed E-state index contributed by atoms with van der Waals surface area (Å²) in [5.74, 6) is -0.575. The zero-order valence-electron chi connectivity index (χ0n) is 10.9. The third-order valence-corrected chi connectivity index (χ3v) is 4.34. The standard InChI is InChI=1S/C14H18N2O2S/c1-10-4-5-11(14(15)18)9-16(10)13(17)7-6-12-3-2-8-19-12/h2-3,6-8,10-11H,4-5,9H2,1H3,(H2,15,18)/b7-6+/t10-,11-/m1/s1. The van der Waals surface area contributed by atoms with Gasteiger partial charge in [0.2, 0.25) is 11.8 Å². The average molecular weight is 278 g/mol. The maximum absolute atomic E-state index is 12.2. The molecule has 1 aromatic heterocycles. The highest BCUT2D eigenvalue weighted by atomic mass is 32.1. The molecular formula is C14H18N2O2S. The van der Waals surface area contributed by atoms with E-state index < -0.39 is 0 Å². The molecule has 102 valence electrons. The molecule has 5 heteroatoms. The van der Waals surface area contributed by atoms with Gasteiger partial charge < -0.3 is 10.6 Å². The van der Waals surface area contributed by atoms with E-state index in [-0.39, 0.29) is 23.8 Å². The predicted octanol–water partition coefficient (Wildman–Crippen LogP) is 1.87. The van der Waals surface area contributed by atoms with E-state index in [0.29, 0.717) is 6.54 Å². The van der Waals surface area contributed by atoms with Gasteiger partial charge in [-0.25, -0.2) is 0 Å². The van der Waals surface area contributed by atoms with Crippen molar-refractivity contribution >= 4 is 29.2 Å². The van der Waals surface area contributed by atoms with Crippen LogP contribution in [0.2, 0.25) is 0 Å². The Morgan fingerprint density at radius 1 is 1.47 bits per heavy atom. The van der Waals surface area contributed by atoms with Gasteiger partial charge in [-0.3, -0.25) is 9.59 Å². The van der Waals surface area contributed by atoms with Crippen LogP contribution in [0.1, 0.15) is 24.6 Å². The number of piperidine rings is 1. The number of thiophene rings is 1. The molecule has 0 aromatic carbocycles. The van der Waals surface area contributed by atoms with Crippen LogP contribution in [0.25, 0.3) is 6.08 Å². The summed E-state index contributed by atoms with van der Waals surface area (Å²) in [6.45, 7) is 2.44. The van der Waals surface area contributed by atoms with Crippen LogP contribution in [0.3, 0.4) is 0 Å². The van der Waals surface area contributed by atoms with Crippen molar-refractivity contribution < 1.29 is 9.59 Å². The molecule has 1 aliphatic heterocycles. The van der Waals surface area contributed by atoms with E-state index in [1.54, 1.807) is 22.3 Å². The molecule has 1 saturated heterocycles. The normalized spacial score (nSPS) is 23.7. The quantitative estimate of drug-likeness (QED) is 0.858. The molecule has 0 unspecified atom stereocenters. The number of carbonyl (C=O) groups excluding carboxylic acids is 2. The second-order valence-corrected chi connectivity index (χ2v) is 5.84. The summed E-state index contributed by atoms with van der Waals surface area (Å²) in [7, 11) is 0. The third-order valence-electron chi connectivity index (χ3n) is 3.50. The molecule has 2 N–H and O–H groups in total. The molecule has 0 spiro atoms. The van der Waals surface area contributed by atoms with Gasteiger partial charge in [-0.1, -0.05) is 6.07 Å². The van der Waals surface area contributed by atoms with Crippen LogP contribution in [-0.2, 0) is 9.59 Å². The summed E-state index contributed by atoms with van der Waals surface area (Å²) in [6.07, 6.45) is 4.99. The Morgan fingerprint density at radius 3 is 2.89 bits per heavy atom. The van der Waals surface area contributed by atoms with Crippen LogP contribution in [0.5, 0.6) is 0 Å². The molecule has 0 saturated carbocycles. The van der Waals surface area contributed by atoms with Crippen molar-refractivity contribution in [2.45, 2.75) is 25.8 Å². The number of hydrogen-bond donors (Lipinski definition) is 1. The summed E-state index contributed by atoms with van der Waals surface area (Å²) in [5, 5.41) is 1.97. The first-order chi connectivity index (χ1) is 9.08. The lowest BCUT2D eigenvalue weighted by atomic mass is 9.93. The summed E-state index contributed by atoms with van der Waals surface area (Å²) in [6, 6.07) is 4.07. The van der Waals surface area contributed by atoms with Gasteiger partial charge in [0.15, 0.2) is 0 Å². The van der Waals surface area contributed by atoms with Crippen LogP contribution < -0.4 is 5.73 Å². The van der Waals surface area contributed by atoms with E-state index in [0.717, 1.165) is 17.7 Å². The number of nitrogens with two attached hydrogens (primary N) is 1. The molecule has 19 heavy (non-hydrogen) atoms. The van der Waals surface area contributed by atoms with Crippen molar-refractivity contribution in [1.29, 1.82) is 0 Å². The van der Waals surface area contributed by atoms with Gasteiger partial charge in [-0.2, -0.15) is 0 Å². The molecule has 0 radical (unpaired) electrons. The topological polar surface area (TPSA) is 63.4 Å². The third kappa shape index (κ3) is 3.44. The molecule has 1 aliphatic rings.